The number of benzene rings is 1. The van der Waals surface area contributed by atoms with Crippen LogP contribution in [0.25, 0.3) is 0 Å². The average molecular weight is 284 g/mol. The van der Waals surface area contributed by atoms with E-state index < -0.39 is 0 Å². The minimum absolute atomic E-state index is 0.0563. The van der Waals surface area contributed by atoms with Gasteiger partial charge in [-0.15, -0.1) is 0 Å². The van der Waals surface area contributed by atoms with Crippen LogP contribution in [0.2, 0.25) is 5.02 Å². The standard InChI is InChI=1S/C15H22ClNO2/c1-18-15-8-5-11(16)10-13(15)14(17)7-6-12-4-2-3-9-19-12/h5,8,10,12,14H,2-4,6-7,9,17H2,1H3. The van der Waals surface area contributed by atoms with Crippen molar-refractivity contribution >= 4 is 11.6 Å². The highest BCUT2D eigenvalue weighted by molar-refractivity contribution is 6.30. The molecule has 0 bridgehead atoms. The second kappa shape index (κ2) is 7.13. The molecule has 4 heteroatoms. The van der Waals surface area contributed by atoms with E-state index >= 15 is 0 Å². The number of nitrogens with two attached hydrogens (primary N) is 1. The van der Waals surface area contributed by atoms with E-state index in [0.29, 0.717) is 11.1 Å². The molecule has 2 N–H and O–H groups in total. The Morgan fingerprint density at radius 1 is 1.47 bits per heavy atom. The highest BCUT2D eigenvalue weighted by atomic mass is 35.5. The van der Waals surface area contributed by atoms with E-state index in [1.165, 1.54) is 12.8 Å². The van der Waals surface area contributed by atoms with Gasteiger partial charge in [-0.3, -0.25) is 0 Å². The number of hydrogen-bond acceptors (Lipinski definition) is 3. The van der Waals surface area contributed by atoms with E-state index in [4.69, 9.17) is 26.8 Å². The van der Waals surface area contributed by atoms with Crippen LogP contribution in [0, 0.1) is 0 Å². The smallest absolute Gasteiger partial charge is 0.123 e. The van der Waals surface area contributed by atoms with Crippen LogP contribution in [-0.4, -0.2) is 19.8 Å². The van der Waals surface area contributed by atoms with Gasteiger partial charge in [0.25, 0.3) is 0 Å². The quantitative estimate of drug-likeness (QED) is 0.896. The van der Waals surface area contributed by atoms with Crippen LogP contribution < -0.4 is 10.5 Å². The lowest BCUT2D eigenvalue weighted by Crippen LogP contribution is -2.21. The van der Waals surface area contributed by atoms with Crippen molar-refractivity contribution < 1.29 is 9.47 Å². The maximum absolute atomic E-state index is 6.26. The summed E-state index contributed by atoms with van der Waals surface area (Å²) in [7, 11) is 1.66. The van der Waals surface area contributed by atoms with Crippen LogP contribution in [0.1, 0.15) is 43.7 Å². The second-order valence-corrected chi connectivity index (χ2v) is 5.50. The molecule has 19 heavy (non-hydrogen) atoms. The summed E-state index contributed by atoms with van der Waals surface area (Å²) >= 11 is 6.03. The lowest BCUT2D eigenvalue weighted by molar-refractivity contribution is 0.00909. The maximum atomic E-state index is 6.26. The summed E-state index contributed by atoms with van der Waals surface area (Å²) in [6.45, 7) is 0.889. The molecule has 2 unspecified atom stereocenters. The maximum Gasteiger partial charge on any atom is 0.123 e. The van der Waals surface area contributed by atoms with Gasteiger partial charge in [-0.05, 0) is 50.3 Å². The van der Waals surface area contributed by atoms with E-state index in [0.717, 1.165) is 37.2 Å². The van der Waals surface area contributed by atoms with Crippen LogP contribution >= 0.6 is 11.6 Å². The van der Waals surface area contributed by atoms with Crippen LogP contribution in [0.3, 0.4) is 0 Å². The summed E-state index contributed by atoms with van der Waals surface area (Å²) in [6.07, 6.45) is 5.85. The van der Waals surface area contributed by atoms with Gasteiger partial charge in [-0.1, -0.05) is 11.6 Å². The van der Waals surface area contributed by atoms with Crippen molar-refractivity contribution in [3.8, 4) is 5.75 Å². The summed E-state index contributed by atoms with van der Waals surface area (Å²) in [5.74, 6) is 0.807. The summed E-state index contributed by atoms with van der Waals surface area (Å²) in [5, 5.41) is 0.695. The third-order valence-electron chi connectivity index (χ3n) is 3.66. The van der Waals surface area contributed by atoms with Crippen molar-refractivity contribution in [2.75, 3.05) is 13.7 Å². The molecule has 1 saturated heterocycles. The SMILES string of the molecule is COc1ccc(Cl)cc1C(N)CCC1CCCCO1. The number of ether oxygens (including phenoxy) is 2. The molecule has 1 aliphatic heterocycles. The molecule has 2 rings (SSSR count). The van der Waals surface area contributed by atoms with Crippen molar-refractivity contribution in [3.05, 3.63) is 28.8 Å². The first-order valence-corrected chi connectivity index (χ1v) is 7.29. The van der Waals surface area contributed by atoms with Gasteiger partial charge in [0.05, 0.1) is 13.2 Å². The Kier molecular flexibility index (Phi) is 5.49. The summed E-state index contributed by atoms with van der Waals surface area (Å²) in [5.41, 5.74) is 7.24. The fraction of sp³-hybridized carbons (Fsp3) is 0.600. The summed E-state index contributed by atoms with van der Waals surface area (Å²) in [6, 6.07) is 5.53. The van der Waals surface area contributed by atoms with Gasteiger partial charge in [0.15, 0.2) is 0 Å². The van der Waals surface area contributed by atoms with Crippen LogP contribution in [0.5, 0.6) is 5.75 Å². The third kappa shape index (κ3) is 4.10. The van der Waals surface area contributed by atoms with Crippen molar-refractivity contribution in [2.24, 2.45) is 5.73 Å². The average Bonchev–Trinajstić information content (AvgIpc) is 2.46. The molecule has 0 amide bonds. The van der Waals surface area contributed by atoms with Gasteiger partial charge in [0.2, 0.25) is 0 Å². The van der Waals surface area contributed by atoms with Crippen molar-refractivity contribution in [1.29, 1.82) is 0 Å². The molecule has 1 aliphatic rings. The minimum Gasteiger partial charge on any atom is -0.496 e. The number of halogens is 1. The number of methoxy groups -OCH3 is 1. The second-order valence-electron chi connectivity index (χ2n) is 5.06. The van der Waals surface area contributed by atoms with Crippen molar-refractivity contribution in [2.45, 2.75) is 44.2 Å². The summed E-state index contributed by atoms with van der Waals surface area (Å²) < 4.78 is 11.1. The van der Waals surface area contributed by atoms with Gasteiger partial charge in [0.1, 0.15) is 5.75 Å². The lowest BCUT2D eigenvalue weighted by atomic mass is 9.97. The Hall–Kier alpha value is -0.770. The molecular formula is C15H22ClNO2. The molecule has 0 aromatic heterocycles. The zero-order chi connectivity index (χ0) is 13.7. The van der Waals surface area contributed by atoms with E-state index in [2.05, 4.69) is 0 Å². The van der Waals surface area contributed by atoms with Gasteiger partial charge in [-0.2, -0.15) is 0 Å². The van der Waals surface area contributed by atoms with E-state index in [9.17, 15) is 0 Å². The Morgan fingerprint density at radius 2 is 2.32 bits per heavy atom. The van der Waals surface area contributed by atoms with E-state index in [1.807, 2.05) is 18.2 Å². The Morgan fingerprint density at radius 3 is 3.00 bits per heavy atom. The monoisotopic (exact) mass is 283 g/mol. The third-order valence-corrected chi connectivity index (χ3v) is 3.90. The van der Waals surface area contributed by atoms with Crippen molar-refractivity contribution in [1.82, 2.24) is 0 Å². The Bertz CT molecular complexity index is 405. The van der Waals surface area contributed by atoms with E-state index in [-0.39, 0.29) is 6.04 Å². The van der Waals surface area contributed by atoms with Gasteiger partial charge >= 0.3 is 0 Å². The molecule has 106 valence electrons. The normalized spacial score (nSPS) is 21.1. The first kappa shape index (κ1) is 14.6. The molecule has 3 nitrogen and oxygen atoms in total. The molecule has 0 saturated carbocycles. The Balaban J connectivity index is 1.94. The fourth-order valence-electron chi connectivity index (χ4n) is 2.55. The molecule has 0 radical (unpaired) electrons. The van der Waals surface area contributed by atoms with E-state index in [1.54, 1.807) is 7.11 Å². The minimum atomic E-state index is -0.0563. The molecule has 1 fully saturated rings. The molecule has 0 aliphatic carbocycles. The van der Waals surface area contributed by atoms with Crippen LogP contribution in [-0.2, 0) is 4.74 Å². The predicted molar refractivity (Wildman–Crippen MR) is 77.8 cm³/mol. The predicted octanol–water partition coefficient (Wildman–Crippen LogP) is 3.70. The molecule has 1 aromatic carbocycles. The topological polar surface area (TPSA) is 44.5 Å². The molecular weight excluding hydrogens is 262 g/mol. The van der Waals surface area contributed by atoms with Crippen LogP contribution in [0.15, 0.2) is 18.2 Å². The van der Waals surface area contributed by atoms with Crippen LogP contribution in [0.4, 0.5) is 0 Å². The zero-order valence-electron chi connectivity index (χ0n) is 11.4. The molecule has 2 atom stereocenters. The van der Waals surface area contributed by atoms with Gasteiger partial charge in [-0.25, -0.2) is 0 Å². The van der Waals surface area contributed by atoms with Gasteiger partial charge in [0, 0.05) is 23.2 Å². The van der Waals surface area contributed by atoms with Gasteiger partial charge < -0.3 is 15.2 Å². The number of rotatable bonds is 5. The highest BCUT2D eigenvalue weighted by Crippen LogP contribution is 2.30. The Labute approximate surface area is 120 Å². The first-order chi connectivity index (χ1) is 9.20. The summed E-state index contributed by atoms with van der Waals surface area (Å²) in [4.78, 5) is 0. The first-order valence-electron chi connectivity index (χ1n) is 6.91. The highest BCUT2D eigenvalue weighted by Gasteiger charge is 2.18. The molecule has 1 aromatic rings. The lowest BCUT2D eigenvalue weighted by Gasteiger charge is -2.24. The molecule has 1 heterocycles. The molecule has 0 spiro atoms. The van der Waals surface area contributed by atoms with Crippen molar-refractivity contribution in [3.63, 3.8) is 0 Å². The fourth-order valence-corrected chi connectivity index (χ4v) is 2.73. The zero-order valence-corrected chi connectivity index (χ0v) is 12.2. The largest absolute Gasteiger partial charge is 0.496 e. The number of hydrogen-bond donors (Lipinski definition) is 1.